The normalized spacial score (nSPS) is 11.7. The molecule has 6 heteroatoms. The smallest absolute Gasteiger partial charge is 0.336 e. The number of rotatable bonds is 7. The molecule has 0 heterocycles. The number of aliphatic hydroxyl groups excluding tert-OH is 1. The summed E-state index contributed by atoms with van der Waals surface area (Å²) < 4.78 is 4.93. The Balaban J connectivity index is 2.76. The molecule has 108 valence electrons. The second kappa shape index (κ2) is 7.40. The standard InChI is InChI=1S/C14H17NO5/c1-3-4-8-20-14(17)10(2)13(16)11-6-5-7-12(9-11)15(18)19/h5-7,9,13,16H,2-4,8H2,1H3. The van der Waals surface area contributed by atoms with Crippen LogP contribution in [-0.2, 0) is 9.53 Å². The van der Waals surface area contributed by atoms with Gasteiger partial charge in [-0.25, -0.2) is 4.79 Å². The van der Waals surface area contributed by atoms with Gasteiger partial charge >= 0.3 is 5.97 Å². The predicted octanol–water partition coefficient (Wildman–Crippen LogP) is 2.53. The predicted molar refractivity (Wildman–Crippen MR) is 73.1 cm³/mol. The molecule has 1 aromatic rings. The van der Waals surface area contributed by atoms with Gasteiger partial charge in [0.2, 0.25) is 0 Å². The van der Waals surface area contributed by atoms with Crippen molar-refractivity contribution >= 4 is 11.7 Å². The van der Waals surface area contributed by atoms with Crippen LogP contribution in [0, 0.1) is 10.1 Å². The minimum atomic E-state index is -1.32. The van der Waals surface area contributed by atoms with Crippen LogP contribution in [0.4, 0.5) is 5.69 Å². The van der Waals surface area contributed by atoms with Gasteiger partial charge in [-0.05, 0) is 12.0 Å². The molecule has 6 nitrogen and oxygen atoms in total. The highest BCUT2D eigenvalue weighted by Crippen LogP contribution is 2.24. The Kier molecular flexibility index (Phi) is 5.86. The first-order valence-electron chi connectivity index (χ1n) is 6.25. The number of hydrogen-bond acceptors (Lipinski definition) is 5. The maximum absolute atomic E-state index is 11.6. The van der Waals surface area contributed by atoms with Crippen LogP contribution >= 0.6 is 0 Å². The average molecular weight is 279 g/mol. The van der Waals surface area contributed by atoms with E-state index in [0.717, 1.165) is 12.8 Å². The number of benzene rings is 1. The number of ether oxygens (including phenoxy) is 1. The van der Waals surface area contributed by atoms with Crippen LogP contribution in [0.1, 0.15) is 31.4 Å². The first-order chi connectivity index (χ1) is 9.47. The van der Waals surface area contributed by atoms with E-state index in [1.165, 1.54) is 24.3 Å². The number of unbranched alkanes of at least 4 members (excludes halogenated alkanes) is 1. The highest BCUT2D eigenvalue weighted by molar-refractivity contribution is 5.89. The van der Waals surface area contributed by atoms with Crippen molar-refractivity contribution < 1.29 is 19.6 Å². The molecule has 1 atom stereocenters. The minimum absolute atomic E-state index is 0.137. The van der Waals surface area contributed by atoms with Gasteiger partial charge in [-0.1, -0.05) is 32.1 Å². The molecular formula is C14H17NO5. The summed E-state index contributed by atoms with van der Waals surface area (Å²) in [6, 6.07) is 5.43. The number of carbonyl (C=O) groups is 1. The van der Waals surface area contributed by atoms with Crippen molar-refractivity contribution in [3.05, 3.63) is 52.1 Å². The first kappa shape index (κ1) is 15.8. The van der Waals surface area contributed by atoms with Crippen LogP contribution in [0.2, 0.25) is 0 Å². The van der Waals surface area contributed by atoms with Crippen molar-refractivity contribution in [2.45, 2.75) is 25.9 Å². The zero-order chi connectivity index (χ0) is 15.1. The number of aliphatic hydroxyl groups is 1. The highest BCUT2D eigenvalue weighted by atomic mass is 16.6. The van der Waals surface area contributed by atoms with Crippen molar-refractivity contribution in [2.75, 3.05) is 6.61 Å². The largest absolute Gasteiger partial charge is 0.462 e. The van der Waals surface area contributed by atoms with Gasteiger partial charge < -0.3 is 9.84 Å². The second-order valence-corrected chi connectivity index (χ2v) is 4.27. The maximum Gasteiger partial charge on any atom is 0.336 e. The fraction of sp³-hybridized carbons (Fsp3) is 0.357. The molecule has 20 heavy (non-hydrogen) atoms. The Bertz CT molecular complexity index is 512. The molecule has 0 saturated carbocycles. The molecule has 0 fully saturated rings. The van der Waals surface area contributed by atoms with Crippen LogP contribution in [0.25, 0.3) is 0 Å². The number of nitro benzene ring substituents is 1. The minimum Gasteiger partial charge on any atom is -0.462 e. The number of hydrogen-bond donors (Lipinski definition) is 1. The van der Waals surface area contributed by atoms with Gasteiger partial charge in [-0.3, -0.25) is 10.1 Å². The van der Waals surface area contributed by atoms with Gasteiger partial charge in [-0.2, -0.15) is 0 Å². The van der Waals surface area contributed by atoms with Gasteiger partial charge in [0.05, 0.1) is 17.1 Å². The molecule has 0 radical (unpaired) electrons. The summed E-state index contributed by atoms with van der Waals surface area (Å²) in [5, 5.41) is 20.7. The Labute approximate surface area is 116 Å². The lowest BCUT2D eigenvalue weighted by Gasteiger charge is -2.13. The number of nitrogens with zero attached hydrogens (tertiary/aromatic N) is 1. The molecule has 0 aliphatic carbocycles. The van der Waals surface area contributed by atoms with Crippen LogP contribution in [-0.4, -0.2) is 22.6 Å². The summed E-state index contributed by atoms with van der Waals surface area (Å²) in [7, 11) is 0. The monoisotopic (exact) mass is 279 g/mol. The molecule has 0 aromatic heterocycles. The van der Waals surface area contributed by atoms with Gasteiger partial charge in [0.15, 0.2) is 0 Å². The fourth-order valence-corrected chi connectivity index (χ4v) is 1.52. The van der Waals surface area contributed by atoms with Crippen LogP contribution < -0.4 is 0 Å². The highest BCUT2D eigenvalue weighted by Gasteiger charge is 2.21. The third-order valence-electron chi connectivity index (χ3n) is 2.72. The number of nitro groups is 1. The topological polar surface area (TPSA) is 89.7 Å². The SMILES string of the molecule is C=C(C(=O)OCCCC)C(O)c1cccc([N+](=O)[O-])c1. The Morgan fingerprint density at radius 3 is 2.85 bits per heavy atom. The number of non-ortho nitro benzene ring substituents is 1. The van der Waals surface area contributed by atoms with Crippen molar-refractivity contribution in [1.82, 2.24) is 0 Å². The summed E-state index contributed by atoms with van der Waals surface area (Å²) >= 11 is 0. The third-order valence-corrected chi connectivity index (χ3v) is 2.72. The summed E-state index contributed by atoms with van der Waals surface area (Å²) in [6.45, 7) is 5.71. The van der Waals surface area contributed by atoms with Crippen molar-refractivity contribution in [3.63, 3.8) is 0 Å². The Hall–Kier alpha value is -2.21. The van der Waals surface area contributed by atoms with Crippen molar-refractivity contribution in [3.8, 4) is 0 Å². The lowest BCUT2D eigenvalue weighted by atomic mass is 10.0. The average Bonchev–Trinajstić information content (AvgIpc) is 2.45. The lowest BCUT2D eigenvalue weighted by molar-refractivity contribution is -0.385. The number of carbonyl (C=O) groups excluding carboxylic acids is 1. The van der Waals surface area contributed by atoms with Crippen molar-refractivity contribution in [1.29, 1.82) is 0 Å². The van der Waals surface area contributed by atoms with E-state index < -0.39 is 17.0 Å². The summed E-state index contributed by atoms with van der Waals surface area (Å²) in [6.07, 6.45) is 0.295. The molecule has 1 rings (SSSR count). The molecule has 1 aromatic carbocycles. The zero-order valence-corrected chi connectivity index (χ0v) is 11.2. The van der Waals surface area contributed by atoms with Crippen LogP contribution in [0.5, 0.6) is 0 Å². The molecule has 1 N–H and O–H groups in total. The molecule has 1 unspecified atom stereocenters. The van der Waals surface area contributed by atoms with Crippen molar-refractivity contribution in [2.24, 2.45) is 0 Å². The second-order valence-electron chi connectivity index (χ2n) is 4.27. The maximum atomic E-state index is 11.6. The molecular weight excluding hydrogens is 262 g/mol. The Morgan fingerprint density at radius 1 is 1.55 bits per heavy atom. The van der Waals surface area contributed by atoms with E-state index in [4.69, 9.17) is 4.74 Å². The quantitative estimate of drug-likeness (QED) is 0.272. The van der Waals surface area contributed by atoms with Gasteiger partial charge in [0.25, 0.3) is 5.69 Å². The van der Waals surface area contributed by atoms with E-state index in [9.17, 15) is 20.0 Å². The van der Waals surface area contributed by atoms with E-state index >= 15 is 0 Å². The molecule has 0 amide bonds. The molecule has 0 aliphatic heterocycles. The molecule has 0 bridgehead atoms. The summed E-state index contributed by atoms with van der Waals surface area (Å²) in [5.41, 5.74) is -0.0630. The van der Waals surface area contributed by atoms with Gasteiger partial charge in [0.1, 0.15) is 6.10 Å². The first-order valence-corrected chi connectivity index (χ1v) is 6.25. The van der Waals surface area contributed by atoms with E-state index in [0.29, 0.717) is 0 Å². The van der Waals surface area contributed by atoms with E-state index in [1.807, 2.05) is 6.92 Å². The van der Waals surface area contributed by atoms with Crippen LogP contribution in [0.3, 0.4) is 0 Å². The molecule has 0 spiro atoms. The van der Waals surface area contributed by atoms with E-state index in [2.05, 4.69) is 6.58 Å². The fourth-order valence-electron chi connectivity index (χ4n) is 1.52. The zero-order valence-electron chi connectivity index (χ0n) is 11.2. The van der Waals surface area contributed by atoms with Gasteiger partial charge in [-0.15, -0.1) is 0 Å². The van der Waals surface area contributed by atoms with Gasteiger partial charge in [0, 0.05) is 12.1 Å². The third kappa shape index (κ3) is 4.17. The lowest BCUT2D eigenvalue weighted by Crippen LogP contribution is -2.14. The van der Waals surface area contributed by atoms with E-state index in [1.54, 1.807) is 0 Å². The summed E-state index contributed by atoms with van der Waals surface area (Å²) in [5.74, 6) is -0.697. The number of esters is 1. The Morgan fingerprint density at radius 2 is 2.25 bits per heavy atom. The molecule has 0 aliphatic rings. The molecule has 0 saturated heterocycles. The van der Waals surface area contributed by atoms with E-state index in [-0.39, 0.29) is 23.4 Å². The summed E-state index contributed by atoms with van der Waals surface area (Å²) in [4.78, 5) is 21.7. The van der Waals surface area contributed by atoms with Crippen LogP contribution in [0.15, 0.2) is 36.4 Å².